The van der Waals surface area contributed by atoms with E-state index in [2.05, 4.69) is 56.9 Å². The van der Waals surface area contributed by atoms with E-state index in [0.29, 0.717) is 6.61 Å². The molecule has 0 spiro atoms. The number of benzene rings is 1. The molecule has 1 heterocycles. The van der Waals surface area contributed by atoms with Crippen LogP contribution in [0.5, 0.6) is 0 Å². The van der Waals surface area contributed by atoms with Crippen molar-refractivity contribution in [3.05, 3.63) is 35.4 Å². The molecular formula is C20H31NO2. The van der Waals surface area contributed by atoms with Gasteiger partial charge in [0.15, 0.2) is 0 Å². The Morgan fingerprint density at radius 2 is 1.78 bits per heavy atom. The van der Waals surface area contributed by atoms with Gasteiger partial charge in [0.05, 0.1) is 6.61 Å². The highest BCUT2D eigenvalue weighted by Gasteiger charge is 2.31. The third kappa shape index (κ3) is 4.57. The number of nitrogens with zero attached hydrogens (tertiary/aromatic N) is 1. The first-order chi connectivity index (χ1) is 10.8. The van der Waals surface area contributed by atoms with Crippen LogP contribution in [-0.2, 0) is 14.9 Å². The van der Waals surface area contributed by atoms with Gasteiger partial charge in [-0.05, 0) is 55.3 Å². The lowest BCUT2D eigenvalue weighted by Crippen LogP contribution is -2.40. The Hall–Kier alpha value is -1.35. The number of likely N-dealkylation sites (tertiary alicyclic amines) is 1. The highest BCUT2D eigenvalue weighted by Crippen LogP contribution is 2.30. The lowest BCUT2D eigenvalue weighted by Gasteiger charge is -2.35. The molecule has 1 aromatic carbocycles. The maximum absolute atomic E-state index is 12.5. The second-order valence-corrected chi connectivity index (χ2v) is 7.75. The molecule has 0 saturated carbocycles. The van der Waals surface area contributed by atoms with Crippen molar-refractivity contribution in [3.8, 4) is 0 Å². The molecule has 0 N–H and O–H groups in total. The fraction of sp³-hybridized carbons (Fsp3) is 0.650. The van der Waals surface area contributed by atoms with E-state index >= 15 is 0 Å². The van der Waals surface area contributed by atoms with Gasteiger partial charge in [0, 0.05) is 0 Å². The third-order valence-electron chi connectivity index (χ3n) is 4.79. The number of rotatable bonds is 4. The Balaban J connectivity index is 2.24. The van der Waals surface area contributed by atoms with E-state index in [-0.39, 0.29) is 17.4 Å². The maximum Gasteiger partial charge on any atom is 0.327 e. The Kier molecular flexibility index (Phi) is 5.85. The summed E-state index contributed by atoms with van der Waals surface area (Å²) < 4.78 is 5.36. The van der Waals surface area contributed by atoms with Gasteiger partial charge in [-0.15, -0.1) is 0 Å². The summed E-state index contributed by atoms with van der Waals surface area (Å²) >= 11 is 0. The summed E-state index contributed by atoms with van der Waals surface area (Å²) in [4.78, 5) is 14.8. The SMILES string of the molecule is CCOC(=O)C(c1ccc(C(C)(C)C)cc1)N1CCC(C)CC1. The lowest BCUT2D eigenvalue weighted by molar-refractivity contribution is -0.150. The smallest absolute Gasteiger partial charge is 0.327 e. The zero-order chi connectivity index (χ0) is 17.0. The molecule has 1 aromatic rings. The molecule has 0 bridgehead atoms. The summed E-state index contributed by atoms with van der Waals surface area (Å²) in [6.45, 7) is 13.1. The largest absolute Gasteiger partial charge is 0.465 e. The molecule has 1 unspecified atom stereocenters. The zero-order valence-electron chi connectivity index (χ0n) is 15.3. The quantitative estimate of drug-likeness (QED) is 0.775. The first kappa shape index (κ1) is 18.0. The van der Waals surface area contributed by atoms with E-state index in [0.717, 1.165) is 37.4 Å². The number of carbonyl (C=O) groups is 1. The van der Waals surface area contributed by atoms with Crippen LogP contribution in [-0.4, -0.2) is 30.6 Å². The monoisotopic (exact) mass is 317 g/mol. The molecule has 3 nitrogen and oxygen atoms in total. The molecule has 0 radical (unpaired) electrons. The Morgan fingerprint density at radius 1 is 1.22 bits per heavy atom. The number of carbonyl (C=O) groups excluding carboxylic acids is 1. The van der Waals surface area contributed by atoms with Crippen molar-refractivity contribution in [2.45, 2.75) is 58.9 Å². The van der Waals surface area contributed by atoms with E-state index < -0.39 is 0 Å². The van der Waals surface area contributed by atoms with Crippen LogP contribution in [0.2, 0.25) is 0 Å². The first-order valence-corrected chi connectivity index (χ1v) is 8.84. The Bertz CT molecular complexity index is 507. The fourth-order valence-corrected chi connectivity index (χ4v) is 3.17. The molecule has 23 heavy (non-hydrogen) atoms. The molecule has 0 aromatic heterocycles. The molecule has 1 aliphatic rings. The minimum absolute atomic E-state index is 0.120. The molecule has 1 aliphatic heterocycles. The van der Waals surface area contributed by atoms with E-state index in [4.69, 9.17) is 4.74 Å². The molecule has 0 amide bonds. The van der Waals surface area contributed by atoms with Gasteiger partial charge in [-0.2, -0.15) is 0 Å². The summed E-state index contributed by atoms with van der Waals surface area (Å²) in [7, 11) is 0. The zero-order valence-corrected chi connectivity index (χ0v) is 15.3. The standard InChI is InChI=1S/C20H31NO2/c1-6-23-19(22)18(21-13-11-15(2)12-14-21)16-7-9-17(10-8-16)20(3,4)5/h7-10,15,18H,6,11-14H2,1-5H3. The van der Waals surface area contributed by atoms with Crippen molar-refractivity contribution in [1.82, 2.24) is 4.90 Å². The van der Waals surface area contributed by atoms with Crippen molar-refractivity contribution >= 4 is 5.97 Å². The van der Waals surface area contributed by atoms with E-state index in [1.165, 1.54) is 5.56 Å². The molecular weight excluding hydrogens is 286 g/mol. The van der Waals surface area contributed by atoms with Crippen molar-refractivity contribution < 1.29 is 9.53 Å². The number of ether oxygens (including phenoxy) is 1. The highest BCUT2D eigenvalue weighted by atomic mass is 16.5. The summed E-state index contributed by atoms with van der Waals surface area (Å²) in [5.41, 5.74) is 2.46. The van der Waals surface area contributed by atoms with Gasteiger partial charge in [-0.25, -0.2) is 4.79 Å². The minimum atomic E-state index is -0.267. The molecule has 3 heteroatoms. The average molecular weight is 317 g/mol. The van der Waals surface area contributed by atoms with Gasteiger partial charge in [0.25, 0.3) is 0 Å². The fourth-order valence-electron chi connectivity index (χ4n) is 3.17. The summed E-state index contributed by atoms with van der Waals surface area (Å²) in [5, 5.41) is 0. The molecule has 128 valence electrons. The second kappa shape index (κ2) is 7.48. The number of hydrogen-bond donors (Lipinski definition) is 0. The molecule has 1 atom stereocenters. The van der Waals surface area contributed by atoms with Crippen LogP contribution in [0.15, 0.2) is 24.3 Å². The van der Waals surface area contributed by atoms with Crippen molar-refractivity contribution in [3.63, 3.8) is 0 Å². The summed E-state index contributed by atoms with van der Waals surface area (Å²) in [6, 6.07) is 8.22. The Labute approximate surface area is 141 Å². The van der Waals surface area contributed by atoms with Gasteiger partial charge in [-0.3, -0.25) is 4.90 Å². The van der Waals surface area contributed by atoms with E-state index in [1.807, 2.05) is 6.92 Å². The van der Waals surface area contributed by atoms with E-state index in [1.54, 1.807) is 0 Å². The topological polar surface area (TPSA) is 29.5 Å². The predicted molar refractivity (Wildman–Crippen MR) is 94.5 cm³/mol. The van der Waals surface area contributed by atoms with Gasteiger partial charge >= 0.3 is 5.97 Å². The number of piperidine rings is 1. The van der Waals surface area contributed by atoms with Crippen molar-refractivity contribution in [1.29, 1.82) is 0 Å². The van der Waals surface area contributed by atoms with Crippen LogP contribution in [0.3, 0.4) is 0 Å². The van der Waals surface area contributed by atoms with Crippen LogP contribution in [0.1, 0.15) is 64.6 Å². The minimum Gasteiger partial charge on any atom is -0.465 e. The van der Waals surface area contributed by atoms with Crippen LogP contribution >= 0.6 is 0 Å². The number of hydrogen-bond acceptors (Lipinski definition) is 3. The summed E-state index contributed by atoms with van der Waals surface area (Å²) in [6.07, 6.45) is 2.30. The van der Waals surface area contributed by atoms with Gasteiger partial charge in [0.1, 0.15) is 6.04 Å². The van der Waals surface area contributed by atoms with Crippen LogP contribution in [0, 0.1) is 5.92 Å². The van der Waals surface area contributed by atoms with E-state index in [9.17, 15) is 4.79 Å². The lowest BCUT2D eigenvalue weighted by atomic mass is 9.86. The summed E-state index contributed by atoms with van der Waals surface area (Å²) in [5.74, 6) is 0.628. The normalized spacial score (nSPS) is 18.7. The molecule has 0 aliphatic carbocycles. The van der Waals surface area contributed by atoms with Crippen LogP contribution in [0.4, 0.5) is 0 Å². The molecule has 1 saturated heterocycles. The van der Waals surface area contributed by atoms with Crippen molar-refractivity contribution in [2.24, 2.45) is 5.92 Å². The molecule has 1 fully saturated rings. The van der Waals surface area contributed by atoms with Crippen LogP contribution in [0.25, 0.3) is 0 Å². The predicted octanol–water partition coefficient (Wildman–Crippen LogP) is 4.32. The van der Waals surface area contributed by atoms with Crippen molar-refractivity contribution in [2.75, 3.05) is 19.7 Å². The second-order valence-electron chi connectivity index (χ2n) is 7.75. The van der Waals surface area contributed by atoms with Gasteiger partial charge in [-0.1, -0.05) is 52.0 Å². The average Bonchev–Trinajstić information content (AvgIpc) is 2.49. The highest BCUT2D eigenvalue weighted by molar-refractivity contribution is 5.77. The Morgan fingerprint density at radius 3 is 2.26 bits per heavy atom. The van der Waals surface area contributed by atoms with Crippen LogP contribution < -0.4 is 0 Å². The molecule has 2 rings (SSSR count). The first-order valence-electron chi connectivity index (χ1n) is 8.84. The van der Waals surface area contributed by atoms with Gasteiger partial charge in [0.2, 0.25) is 0 Å². The van der Waals surface area contributed by atoms with Gasteiger partial charge < -0.3 is 4.74 Å². The third-order valence-corrected chi connectivity index (χ3v) is 4.79. The number of esters is 1. The maximum atomic E-state index is 12.5.